The van der Waals surface area contributed by atoms with Gasteiger partial charge in [-0.3, -0.25) is 4.98 Å². The van der Waals surface area contributed by atoms with Crippen LogP contribution in [0, 0.1) is 6.92 Å². The van der Waals surface area contributed by atoms with E-state index in [4.69, 9.17) is 11.6 Å². The molecule has 1 aliphatic heterocycles. The zero-order valence-electron chi connectivity index (χ0n) is 15.5. The van der Waals surface area contributed by atoms with Crippen molar-refractivity contribution >= 4 is 29.0 Å². The number of aryl methyl sites for hydroxylation is 1. The van der Waals surface area contributed by atoms with Crippen molar-refractivity contribution in [1.82, 2.24) is 19.7 Å². The maximum absolute atomic E-state index is 12.7. The van der Waals surface area contributed by atoms with Crippen LogP contribution in [-0.4, -0.2) is 51.9 Å². The third-order valence-electron chi connectivity index (χ3n) is 4.88. The molecular formula is C20H21ClN6O. The maximum Gasteiger partial charge on any atom is 0.321 e. The molecule has 0 aliphatic carbocycles. The molecule has 144 valence electrons. The van der Waals surface area contributed by atoms with Crippen molar-refractivity contribution in [3.8, 4) is 5.69 Å². The van der Waals surface area contributed by atoms with Crippen molar-refractivity contribution in [1.29, 1.82) is 0 Å². The zero-order chi connectivity index (χ0) is 19.5. The van der Waals surface area contributed by atoms with Gasteiger partial charge in [-0.15, -0.1) is 0 Å². The Labute approximate surface area is 168 Å². The van der Waals surface area contributed by atoms with E-state index in [2.05, 4.69) is 20.3 Å². The van der Waals surface area contributed by atoms with Crippen LogP contribution in [0.1, 0.15) is 5.56 Å². The SMILES string of the molecule is Cc1cc(-n2cccn2)ccc1NC(=O)N1CCN(c2ccncc2Cl)CC1. The van der Waals surface area contributed by atoms with Gasteiger partial charge in [0.1, 0.15) is 0 Å². The fourth-order valence-corrected chi connectivity index (χ4v) is 3.56. The third-order valence-corrected chi connectivity index (χ3v) is 5.17. The second kappa shape index (κ2) is 7.90. The molecule has 3 aromatic rings. The Balaban J connectivity index is 1.38. The van der Waals surface area contributed by atoms with E-state index in [1.54, 1.807) is 23.3 Å². The number of aromatic nitrogens is 3. The predicted molar refractivity (Wildman–Crippen MR) is 110 cm³/mol. The number of hydrogen-bond acceptors (Lipinski definition) is 4. The third kappa shape index (κ3) is 3.80. The Morgan fingerprint density at radius 3 is 2.64 bits per heavy atom. The highest BCUT2D eigenvalue weighted by Gasteiger charge is 2.22. The van der Waals surface area contributed by atoms with Gasteiger partial charge in [0, 0.05) is 56.7 Å². The molecule has 0 spiro atoms. The lowest BCUT2D eigenvalue weighted by atomic mass is 10.2. The number of carbonyl (C=O) groups excluding carboxylic acids is 1. The van der Waals surface area contributed by atoms with Crippen molar-refractivity contribution in [3.63, 3.8) is 0 Å². The molecule has 0 atom stereocenters. The molecule has 1 saturated heterocycles. The van der Waals surface area contributed by atoms with Crippen LogP contribution in [0.2, 0.25) is 5.02 Å². The number of halogens is 1. The van der Waals surface area contributed by atoms with E-state index in [1.807, 2.05) is 48.4 Å². The fourth-order valence-electron chi connectivity index (χ4n) is 3.32. The number of nitrogens with one attached hydrogen (secondary N) is 1. The molecule has 0 bridgehead atoms. The minimum atomic E-state index is -0.0876. The first-order chi connectivity index (χ1) is 13.6. The Hall–Kier alpha value is -3.06. The number of piperazine rings is 1. The van der Waals surface area contributed by atoms with Gasteiger partial charge in [0.2, 0.25) is 0 Å². The predicted octanol–water partition coefficient (Wildman–Crippen LogP) is 3.58. The molecule has 1 aliphatic rings. The minimum absolute atomic E-state index is 0.0876. The van der Waals surface area contributed by atoms with Gasteiger partial charge >= 0.3 is 6.03 Å². The summed E-state index contributed by atoms with van der Waals surface area (Å²) in [6.07, 6.45) is 7.01. The highest BCUT2D eigenvalue weighted by molar-refractivity contribution is 6.33. The number of carbonyl (C=O) groups is 1. The smallest absolute Gasteiger partial charge is 0.321 e. The molecule has 0 unspecified atom stereocenters. The number of pyridine rings is 1. The van der Waals surface area contributed by atoms with E-state index in [9.17, 15) is 4.79 Å². The molecule has 7 nitrogen and oxygen atoms in total. The van der Waals surface area contributed by atoms with Crippen LogP contribution >= 0.6 is 11.6 Å². The van der Waals surface area contributed by atoms with Gasteiger partial charge in [-0.1, -0.05) is 11.6 Å². The number of anilines is 2. The molecule has 2 amide bonds. The first-order valence-corrected chi connectivity index (χ1v) is 9.50. The number of hydrogen-bond donors (Lipinski definition) is 1. The Morgan fingerprint density at radius 1 is 1.14 bits per heavy atom. The Bertz CT molecular complexity index is 967. The van der Waals surface area contributed by atoms with E-state index in [-0.39, 0.29) is 6.03 Å². The van der Waals surface area contributed by atoms with Crippen LogP contribution in [0.4, 0.5) is 16.2 Å². The molecule has 28 heavy (non-hydrogen) atoms. The number of urea groups is 1. The van der Waals surface area contributed by atoms with Gasteiger partial charge in [0.15, 0.2) is 0 Å². The first kappa shape index (κ1) is 18.3. The monoisotopic (exact) mass is 396 g/mol. The van der Waals surface area contributed by atoms with Crippen LogP contribution < -0.4 is 10.2 Å². The molecular weight excluding hydrogens is 376 g/mol. The molecule has 0 saturated carbocycles. The maximum atomic E-state index is 12.7. The summed E-state index contributed by atoms with van der Waals surface area (Å²) < 4.78 is 1.79. The van der Waals surface area contributed by atoms with Gasteiger partial charge in [-0.2, -0.15) is 5.10 Å². The molecule has 4 rings (SSSR count). The van der Waals surface area contributed by atoms with Crippen LogP contribution in [0.15, 0.2) is 55.1 Å². The average molecular weight is 397 g/mol. The largest absolute Gasteiger partial charge is 0.367 e. The summed E-state index contributed by atoms with van der Waals surface area (Å²) in [5.41, 5.74) is 3.72. The van der Waals surface area contributed by atoms with Crippen molar-refractivity contribution < 1.29 is 4.79 Å². The first-order valence-electron chi connectivity index (χ1n) is 9.13. The second-order valence-corrected chi connectivity index (χ2v) is 7.09. The number of rotatable bonds is 3. The molecule has 1 N–H and O–H groups in total. The van der Waals surface area contributed by atoms with Crippen molar-refractivity contribution in [2.45, 2.75) is 6.92 Å². The van der Waals surface area contributed by atoms with E-state index < -0.39 is 0 Å². The van der Waals surface area contributed by atoms with Gasteiger partial charge < -0.3 is 15.1 Å². The van der Waals surface area contributed by atoms with Crippen molar-refractivity contribution in [2.24, 2.45) is 0 Å². The molecule has 2 aromatic heterocycles. The molecule has 3 heterocycles. The van der Waals surface area contributed by atoms with Gasteiger partial charge in [-0.05, 0) is 42.8 Å². The Morgan fingerprint density at radius 2 is 1.96 bits per heavy atom. The topological polar surface area (TPSA) is 66.3 Å². The van der Waals surface area contributed by atoms with E-state index >= 15 is 0 Å². The lowest BCUT2D eigenvalue weighted by molar-refractivity contribution is 0.208. The second-order valence-electron chi connectivity index (χ2n) is 6.68. The van der Waals surface area contributed by atoms with E-state index in [1.165, 1.54) is 0 Å². The quantitative estimate of drug-likeness (QED) is 0.734. The number of nitrogens with zero attached hydrogens (tertiary/aromatic N) is 5. The zero-order valence-corrected chi connectivity index (χ0v) is 16.3. The summed E-state index contributed by atoms with van der Waals surface area (Å²) in [6, 6.07) is 9.56. The van der Waals surface area contributed by atoms with Crippen molar-refractivity contribution in [3.05, 3.63) is 65.7 Å². The van der Waals surface area contributed by atoms with Crippen LogP contribution in [-0.2, 0) is 0 Å². The fraction of sp³-hybridized carbons (Fsp3) is 0.250. The lowest BCUT2D eigenvalue weighted by Gasteiger charge is -2.36. The van der Waals surface area contributed by atoms with Crippen LogP contribution in [0.25, 0.3) is 5.69 Å². The van der Waals surface area contributed by atoms with Crippen molar-refractivity contribution in [2.75, 3.05) is 36.4 Å². The molecule has 1 fully saturated rings. The lowest BCUT2D eigenvalue weighted by Crippen LogP contribution is -2.50. The average Bonchev–Trinajstić information content (AvgIpc) is 3.25. The summed E-state index contributed by atoms with van der Waals surface area (Å²) in [5, 5.41) is 7.89. The normalized spacial score (nSPS) is 14.2. The number of amides is 2. The standard InChI is InChI=1S/C20H21ClN6O/c1-15-13-16(27-8-2-6-23-27)3-4-18(15)24-20(28)26-11-9-25(10-12-26)19-5-7-22-14-17(19)21/h2-8,13-14H,9-12H2,1H3,(H,24,28). The minimum Gasteiger partial charge on any atom is -0.367 e. The highest BCUT2D eigenvalue weighted by atomic mass is 35.5. The Kier molecular flexibility index (Phi) is 5.16. The molecule has 0 radical (unpaired) electrons. The van der Waals surface area contributed by atoms with Crippen LogP contribution in [0.5, 0.6) is 0 Å². The summed E-state index contributed by atoms with van der Waals surface area (Å²) in [5.74, 6) is 0. The summed E-state index contributed by atoms with van der Waals surface area (Å²) >= 11 is 6.23. The van der Waals surface area contributed by atoms with Gasteiger partial charge in [0.05, 0.1) is 16.4 Å². The van der Waals surface area contributed by atoms with Gasteiger partial charge in [0.25, 0.3) is 0 Å². The number of benzene rings is 1. The van der Waals surface area contributed by atoms with Crippen LogP contribution in [0.3, 0.4) is 0 Å². The summed E-state index contributed by atoms with van der Waals surface area (Å²) in [7, 11) is 0. The van der Waals surface area contributed by atoms with Gasteiger partial charge in [-0.25, -0.2) is 9.48 Å². The van der Waals surface area contributed by atoms with E-state index in [0.717, 1.165) is 35.7 Å². The summed E-state index contributed by atoms with van der Waals surface area (Å²) in [4.78, 5) is 20.7. The molecule has 1 aromatic carbocycles. The molecule has 8 heteroatoms. The van der Waals surface area contributed by atoms with E-state index in [0.29, 0.717) is 18.1 Å². The highest BCUT2D eigenvalue weighted by Crippen LogP contribution is 2.25. The summed E-state index contributed by atoms with van der Waals surface area (Å²) in [6.45, 7) is 4.71.